The number of nitrogens with one attached hydrogen (secondary N) is 1. The highest BCUT2D eigenvalue weighted by molar-refractivity contribution is 6.10. The summed E-state index contributed by atoms with van der Waals surface area (Å²) in [4.78, 5) is 4.79. The summed E-state index contributed by atoms with van der Waals surface area (Å²) in [5.41, 5.74) is 14.3. The van der Waals surface area contributed by atoms with E-state index in [1.807, 2.05) is 36.4 Å². The second-order valence-corrected chi connectivity index (χ2v) is 6.11. The van der Waals surface area contributed by atoms with Gasteiger partial charge in [-0.15, -0.1) is 0 Å². The molecule has 3 N–H and O–H groups in total. The van der Waals surface area contributed by atoms with Gasteiger partial charge in [0.15, 0.2) is 0 Å². The van der Waals surface area contributed by atoms with Gasteiger partial charge in [-0.3, -0.25) is 0 Å². The van der Waals surface area contributed by atoms with E-state index in [-0.39, 0.29) is 0 Å². The van der Waals surface area contributed by atoms with Crippen molar-refractivity contribution in [1.82, 2.24) is 4.98 Å². The molecule has 0 fully saturated rings. The van der Waals surface area contributed by atoms with Crippen LogP contribution in [0.4, 0.5) is 17.1 Å². The number of rotatable bonds is 0. The Morgan fingerprint density at radius 2 is 1.58 bits per heavy atom. The number of anilines is 3. The largest absolute Gasteiger partial charge is 0.398 e. The first-order chi connectivity index (χ1) is 11.7. The topological polar surface area (TPSA) is 50.9 Å². The predicted molar refractivity (Wildman–Crippen MR) is 102 cm³/mol. The molecule has 0 bridgehead atoms. The zero-order valence-electron chi connectivity index (χ0n) is 13.0. The third-order valence-electron chi connectivity index (χ3n) is 4.71. The van der Waals surface area contributed by atoms with Crippen molar-refractivity contribution in [3.8, 4) is 0 Å². The molecule has 3 aromatic carbocycles. The van der Waals surface area contributed by atoms with E-state index < -0.39 is 0 Å². The zero-order valence-corrected chi connectivity index (χ0v) is 13.0. The van der Waals surface area contributed by atoms with Crippen LogP contribution in [0.3, 0.4) is 0 Å². The van der Waals surface area contributed by atoms with Crippen LogP contribution in [-0.4, -0.2) is 4.98 Å². The van der Waals surface area contributed by atoms with E-state index >= 15 is 0 Å². The average Bonchev–Trinajstić information content (AvgIpc) is 2.62. The van der Waals surface area contributed by atoms with Gasteiger partial charge in [-0.05, 0) is 29.8 Å². The van der Waals surface area contributed by atoms with Crippen molar-refractivity contribution in [1.29, 1.82) is 0 Å². The lowest BCUT2D eigenvalue weighted by Crippen LogP contribution is -2.06. The van der Waals surface area contributed by atoms with Crippen molar-refractivity contribution in [2.24, 2.45) is 0 Å². The van der Waals surface area contributed by atoms with Gasteiger partial charge in [-0.25, -0.2) is 4.98 Å². The number of nitrogens with zero attached hydrogens (tertiary/aromatic N) is 1. The molecule has 3 heteroatoms. The summed E-state index contributed by atoms with van der Waals surface area (Å²) < 4.78 is 0. The van der Waals surface area contributed by atoms with E-state index in [0.29, 0.717) is 0 Å². The number of benzene rings is 3. The number of aromatic nitrogens is 1. The number of fused-ring (bicyclic) bond motifs is 4. The van der Waals surface area contributed by atoms with Crippen molar-refractivity contribution in [2.45, 2.75) is 0 Å². The molecule has 1 aliphatic rings. The molecule has 1 aliphatic heterocycles. The van der Waals surface area contributed by atoms with Gasteiger partial charge in [0.25, 0.3) is 0 Å². The van der Waals surface area contributed by atoms with Crippen molar-refractivity contribution < 1.29 is 0 Å². The molecule has 1 aromatic heterocycles. The summed E-state index contributed by atoms with van der Waals surface area (Å²) in [5.74, 6) is 0. The van der Waals surface area contributed by atoms with Crippen LogP contribution in [0.1, 0.15) is 11.1 Å². The Hall–Kier alpha value is -3.33. The van der Waals surface area contributed by atoms with Crippen LogP contribution < -0.4 is 11.1 Å². The number of nitrogen functional groups attached to an aromatic ring is 1. The maximum atomic E-state index is 6.43. The Bertz CT molecular complexity index is 1160. The second kappa shape index (κ2) is 4.59. The summed E-state index contributed by atoms with van der Waals surface area (Å²) in [5, 5.41) is 5.45. The summed E-state index contributed by atoms with van der Waals surface area (Å²) in [7, 11) is 0. The molecule has 0 amide bonds. The third kappa shape index (κ3) is 1.69. The van der Waals surface area contributed by atoms with Crippen LogP contribution in [0.5, 0.6) is 0 Å². The van der Waals surface area contributed by atoms with E-state index in [1.165, 1.54) is 0 Å². The van der Waals surface area contributed by atoms with E-state index in [4.69, 9.17) is 10.7 Å². The van der Waals surface area contributed by atoms with Gasteiger partial charge in [0, 0.05) is 33.3 Å². The van der Waals surface area contributed by atoms with Gasteiger partial charge >= 0.3 is 0 Å². The monoisotopic (exact) mass is 309 g/mol. The number of para-hydroxylation sites is 2. The fourth-order valence-corrected chi connectivity index (χ4v) is 3.47. The molecule has 2 heterocycles. The fraction of sp³-hybridized carbons (Fsp3) is 0. The normalized spacial score (nSPS) is 12.8. The average molecular weight is 309 g/mol. The van der Waals surface area contributed by atoms with E-state index in [2.05, 4.69) is 36.2 Å². The zero-order chi connectivity index (χ0) is 16.3. The lowest BCUT2D eigenvalue weighted by Gasteiger charge is -2.24. The van der Waals surface area contributed by atoms with Gasteiger partial charge in [0.2, 0.25) is 0 Å². The number of hydrogen-bond donors (Lipinski definition) is 2. The minimum absolute atomic E-state index is 0.768. The third-order valence-corrected chi connectivity index (χ3v) is 4.71. The molecular formula is C21H15N3. The molecule has 0 aliphatic carbocycles. The molecule has 24 heavy (non-hydrogen) atoms. The highest BCUT2D eigenvalue weighted by Crippen LogP contribution is 2.42. The summed E-state index contributed by atoms with van der Waals surface area (Å²) >= 11 is 0. The van der Waals surface area contributed by atoms with Crippen molar-refractivity contribution in [3.63, 3.8) is 0 Å². The first kappa shape index (κ1) is 13.1. The van der Waals surface area contributed by atoms with Crippen LogP contribution in [0, 0.1) is 0 Å². The Kier molecular flexibility index (Phi) is 2.51. The van der Waals surface area contributed by atoms with Crippen molar-refractivity contribution in [2.75, 3.05) is 11.1 Å². The van der Waals surface area contributed by atoms with Crippen LogP contribution in [0.25, 0.3) is 27.4 Å². The first-order valence-electron chi connectivity index (χ1n) is 7.90. The van der Waals surface area contributed by atoms with Crippen LogP contribution in [0.15, 0.2) is 67.2 Å². The lowest BCUT2D eigenvalue weighted by molar-refractivity contribution is 1.43. The van der Waals surface area contributed by atoms with Gasteiger partial charge in [-0.2, -0.15) is 0 Å². The maximum Gasteiger partial charge on any atom is 0.0738 e. The molecular weight excluding hydrogens is 294 g/mol. The van der Waals surface area contributed by atoms with Crippen molar-refractivity contribution >= 4 is 44.4 Å². The molecule has 0 saturated heterocycles. The van der Waals surface area contributed by atoms with Crippen molar-refractivity contribution in [3.05, 3.63) is 78.4 Å². The molecule has 0 atom stereocenters. The maximum absolute atomic E-state index is 6.43. The van der Waals surface area contributed by atoms with Gasteiger partial charge in [-0.1, -0.05) is 43.0 Å². The molecule has 5 rings (SSSR count). The minimum Gasteiger partial charge on any atom is -0.398 e. The van der Waals surface area contributed by atoms with Gasteiger partial charge in [0.05, 0.1) is 16.7 Å². The fourth-order valence-electron chi connectivity index (χ4n) is 3.47. The van der Waals surface area contributed by atoms with Crippen LogP contribution >= 0.6 is 0 Å². The molecule has 4 aromatic rings. The van der Waals surface area contributed by atoms with Crippen LogP contribution in [0.2, 0.25) is 0 Å². The molecule has 3 nitrogen and oxygen atoms in total. The van der Waals surface area contributed by atoms with E-state index in [0.717, 1.165) is 55.6 Å². The SMILES string of the molecule is C=C1c2ccccc2Nc2cc3c(N)c4ccccc4nc3cc21. The second-order valence-electron chi connectivity index (χ2n) is 6.11. The predicted octanol–water partition coefficient (Wildman–Crippen LogP) is 5.09. The Labute approximate surface area is 139 Å². The number of nitrogens with two attached hydrogens (primary N) is 1. The summed E-state index contributed by atoms with van der Waals surface area (Å²) in [6.07, 6.45) is 0. The van der Waals surface area contributed by atoms with Gasteiger partial charge in [0.1, 0.15) is 0 Å². The molecule has 0 unspecified atom stereocenters. The minimum atomic E-state index is 0.768. The highest BCUT2D eigenvalue weighted by Gasteiger charge is 2.20. The smallest absolute Gasteiger partial charge is 0.0738 e. The van der Waals surface area contributed by atoms with E-state index in [9.17, 15) is 0 Å². The molecule has 114 valence electrons. The summed E-state index contributed by atoms with van der Waals surface area (Å²) in [6.45, 7) is 4.29. The molecule has 0 radical (unpaired) electrons. The number of pyridine rings is 1. The number of hydrogen-bond acceptors (Lipinski definition) is 3. The Morgan fingerprint density at radius 1 is 0.792 bits per heavy atom. The first-order valence-corrected chi connectivity index (χ1v) is 7.90. The Balaban J connectivity index is 1.84. The Morgan fingerprint density at radius 3 is 2.50 bits per heavy atom. The summed E-state index contributed by atoms with van der Waals surface area (Å²) in [6, 6.07) is 20.3. The molecule has 0 saturated carbocycles. The molecule has 0 spiro atoms. The van der Waals surface area contributed by atoms with E-state index in [1.54, 1.807) is 0 Å². The standard InChI is InChI=1S/C21H15N3/c1-12-13-6-2-4-8-17(13)23-19-11-16-20(10-15(12)19)24-18-9-5-3-7-14(18)21(16)22/h2-11,23H,1H2,(H2,22,24). The quantitative estimate of drug-likeness (QED) is 0.392. The van der Waals surface area contributed by atoms with Gasteiger partial charge < -0.3 is 11.1 Å². The van der Waals surface area contributed by atoms with Crippen LogP contribution in [-0.2, 0) is 0 Å². The lowest BCUT2D eigenvalue weighted by atomic mass is 9.91. The highest BCUT2D eigenvalue weighted by atomic mass is 14.9.